The van der Waals surface area contributed by atoms with E-state index >= 15 is 0 Å². The van der Waals surface area contributed by atoms with Crippen LogP contribution < -0.4 is 4.74 Å². The predicted octanol–water partition coefficient (Wildman–Crippen LogP) is 2.54. The van der Waals surface area contributed by atoms with Crippen LogP contribution in [0, 0.1) is 5.82 Å². The van der Waals surface area contributed by atoms with Gasteiger partial charge >= 0.3 is 0 Å². The van der Waals surface area contributed by atoms with Gasteiger partial charge in [-0.25, -0.2) is 4.39 Å². The first-order chi connectivity index (χ1) is 12.0. The average molecular weight is 411 g/mol. The van der Waals surface area contributed by atoms with Crippen molar-refractivity contribution in [2.75, 3.05) is 32.8 Å². The summed E-state index contributed by atoms with van der Waals surface area (Å²) in [5.41, 5.74) is 0. The topological polar surface area (TPSA) is 63.0 Å². The highest BCUT2D eigenvalue weighted by molar-refractivity contribution is 9.10. The highest BCUT2D eigenvalue weighted by Crippen LogP contribution is 2.25. The van der Waals surface area contributed by atoms with Crippen molar-refractivity contribution in [1.82, 2.24) is 9.80 Å². The van der Waals surface area contributed by atoms with E-state index in [-0.39, 0.29) is 24.2 Å². The van der Waals surface area contributed by atoms with Crippen molar-refractivity contribution in [3.8, 4) is 5.75 Å². The summed E-state index contributed by atoms with van der Waals surface area (Å²) in [5, 5.41) is 0. The minimum Gasteiger partial charge on any atom is -0.483 e. The molecule has 2 amide bonds. The Hall–Kier alpha value is -2.35. The number of carbonyl (C=O) groups excluding carboxylic acids is 2. The average Bonchev–Trinajstić information content (AvgIpc) is 3.15. The van der Waals surface area contributed by atoms with Gasteiger partial charge in [0.2, 0.25) is 0 Å². The molecule has 0 N–H and O–H groups in total. The molecule has 6 nitrogen and oxygen atoms in total. The normalized spacial score (nSPS) is 14.5. The summed E-state index contributed by atoms with van der Waals surface area (Å²) < 4.78 is 24.0. The zero-order valence-corrected chi connectivity index (χ0v) is 14.9. The van der Waals surface area contributed by atoms with E-state index in [1.165, 1.54) is 24.5 Å². The Morgan fingerprint density at radius 3 is 2.52 bits per heavy atom. The largest absolute Gasteiger partial charge is 0.483 e. The number of carbonyl (C=O) groups is 2. The Morgan fingerprint density at radius 1 is 1.16 bits per heavy atom. The molecule has 0 radical (unpaired) electrons. The first kappa shape index (κ1) is 17.5. The molecule has 8 heteroatoms. The minimum absolute atomic E-state index is 0.142. The molecule has 0 atom stereocenters. The lowest BCUT2D eigenvalue weighted by atomic mass is 10.3. The molecule has 1 aromatic carbocycles. The summed E-state index contributed by atoms with van der Waals surface area (Å²) in [7, 11) is 0. The molecule has 0 saturated carbocycles. The number of benzene rings is 1. The Balaban J connectivity index is 1.49. The molecule has 1 aliphatic heterocycles. The number of furan rings is 1. The molecule has 2 aromatic rings. The quantitative estimate of drug-likeness (QED) is 0.776. The number of nitrogens with zero attached hydrogens (tertiary/aromatic N) is 2. The number of hydrogen-bond donors (Lipinski definition) is 0. The van der Waals surface area contributed by atoms with Crippen LogP contribution in [0.15, 0.2) is 45.5 Å². The number of piperazine rings is 1. The van der Waals surface area contributed by atoms with Gasteiger partial charge in [0.25, 0.3) is 11.8 Å². The summed E-state index contributed by atoms with van der Waals surface area (Å²) in [6.45, 7) is 1.59. The molecular weight excluding hydrogens is 395 g/mol. The van der Waals surface area contributed by atoms with Gasteiger partial charge in [0.15, 0.2) is 12.4 Å². The Labute approximate surface area is 152 Å². The highest BCUT2D eigenvalue weighted by Gasteiger charge is 2.26. The van der Waals surface area contributed by atoms with Crippen LogP contribution in [-0.4, -0.2) is 54.4 Å². The predicted molar refractivity (Wildman–Crippen MR) is 90.8 cm³/mol. The van der Waals surface area contributed by atoms with E-state index in [9.17, 15) is 14.0 Å². The molecule has 1 fully saturated rings. The molecule has 1 aliphatic rings. The smallest absolute Gasteiger partial charge is 0.289 e. The Bertz CT molecular complexity index is 758. The molecular formula is C17H16BrFN2O4. The van der Waals surface area contributed by atoms with Crippen LogP contribution in [-0.2, 0) is 4.79 Å². The lowest BCUT2D eigenvalue weighted by molar-refractivity contribution is -0.134. The summed E-state index contributed by atoms with van der Waals surface area (Å²) in [6, 6.07) is 7.29. The molecule has 0 unspecified atom stereocenters. The SMILES string of the molecule is O=C(COc1ccc(F)cc1Br)N1CCN(C(=O)c2ccco2)CC1. The Kier molecular flexibility index (Phi) is 5.37. The summed E-state index contributed by atoms with van der Waals surface area (Å²) >= 11 is 3.19. The highest BCUT2D eigenvalue weighted by atomic mass is 79.9. The van der Waals surface area contributed by atoms with Crippen molar-refractivity contribution < 1.29 is 23.1 Å². The fourth-order valence-electron chi connectivity index (χ4n) is 2.54. The number of ether oxygens (including phenoxy) is 1. The van der Waals surface area contributed by atoms with Crippen molar-refractivity contribution in [2.45, 2.75) is 0 Å². The van der Waals surface area contributed by atoms with Crippen LogP contribution in [0.2, 0.25) is 0 Å². The van der Waals surface area contributed by atoms with Crippen molar-refractivity contribution in [3.63, 3.8) is 0 Å². The maximum Gasteiger partial charge on any atom is 0.289 e. The lowest BCUT2D eigenvalue weighted by Gasteiger charge is -2.34. The van der Waals surface area contributed by atoms with Gasteiger partial charge in [-0.2, -0.15) is 0 Å². The number of halogens is 2. The van der Waals surface area contributed by atoms with E-state index in [2.05, 4.69) is 15.9 Å². The summed E-state index contributed by atoms with van der Waals surface area (Å²) in [5.74, 6) is -0.0431. The molecule has 25 heavy (non-hydrogen) atoms. The van der Waals surface area contributed by atoms with Crippen LogP contribution in [0.1, 0.15) is 10.6 Å². The molecule has 132 valence electrons. The van der Waals surface area contributed by atoms with Gasteiger partial charge in [0, 0.05) is 26.2 Å². The van der Waals surface area contributed by atoms with Crippen molar-refractivity contribution in [1.29, 1.82) is 0 Å². The first-order valence-electron chi connectivity index (χ1n) is 7.73. The van der Waals surface area contributed by atoms with Crippen molar-refractivity contribution in [2.24, 2.45) is 0 Å². The minimum atomic E-state index is -0.386. The van der Waals surface area contributed by atoms with Crippen LogP contribution in [0.4, 0.5) is 4.39 Å². The van der Waals surface area contributed by atoms with Gasteiger partial charge in [-0.3, -0.25) is 9.59 Å². The van der Waals surface area contributed by atoms with Gasteiger partial charge in [0.05, 0.1) is 10.7 Å². The standard InChI is InChI=1S/C17H16BrFN2O4/c18-13-10-12(19)3-4-14(13)25-11-16(22)20-5-7-21(8-6-20)17(23)15-2-1-9-24-15/h1-4,9-10H,5-8,11H2. The van der Waals surface area contributed by atoms with Gasteiger partial charge < -0.3 is 19.0 Å². The molecule has 1 saturated heterocycles. The van der Waals surface area contributed by atoms with Crippen LogP contribution in [0.25, 0.3) is 0 Å². The fourth-order valence-corrected chi connectivity index (χ4v) is 3.00. The summed E-state index contributed by atoms with van der Waals surface area (Å²) in [6.07, 6.45) is 1.46. The van der Waals surface area contributed by atoms with E-state index in [0.717, 1.165) is 0 Å². The Morgan fingerprint density at radius 2 is 1.88 bits per heavy atom. The van der Waals surface area contributed by atoms with E-state index < -0.39 is 0 Å². The van der Waals surface area contributed by atoms with E-state index in [4.69, 9.17) is 9.15 Å². The van der Waals surface area contributed by atoms with Crippen LogP contribution >= 0.6 is 15.9 Å². The zero-order valence-electron chi connectivity index (χ0n) is 13.3. The maximum atomic E-state index is 13.0. The second-order valence-corrected chi connectivity index (χ2v) is 6.37. The van der Waals surface area contributed by atoms with Gasteiger partial charge in [-0.15, -0.1) is 0 Å². The maximum absolute atomic E-state index is 13.0. The molecule has 3 rings (SSSR count). The summed E-state index contributed by atoms with van der Waals surface area (Å²) in [4.78, 5) is 27.7. The van der Waals surface area contributed by atoms with E-state index in [1.54, 1.807) is 21.9 Å². The second kappa shape index (κ2) is 7.69. The zero-order chi connectivity index (χ0) is 17.8. The van der Waals surface area contributed by atoms with Crippen LogP contribution in [0.3, 0.4) is 0 Å². The van der Waals surface area contributed by atoms with Crippen LogP contribution in [0.5, 0.6) is 5.75 Å². The lowest BCUT2D eigenvalue weighted by Crippen LogP contribution is -2.51. The molecule has 0 bridgehead atoms. The number of rotatable bonds is 4. The third-order valence-corrected chi connectivity index (χ3v) is 4.52. The van der Waals surface area contributed by atoms with E-state index in [0.29, 0.717) is 42.2 Å². The first-order valence-corrected chi connectivity index (χ1v) is 8.52. The van der Waals surface area contributed by atoms with Gasteiger partial charge in [0.1, 0.15) is 11.6 Å². The number of amides is 2. The van der Waals surface area contributed by atoms with Crippen molar-refractivity contribution in [3.05, 3.63) is 52.6 Å². The monoisotopic (exact) mass is 410 g/mol. The van der Waals surface area contributed by atoms with Gasteiger partial charge in [-0.05, 0) is 46.3 Å². The third kappa shape index (κ3) is 4.19. The second-order valence-electron chi connectivity index (χ2n) is 5.51. The third-order valence-electron chi connectivity index (χ3n) is 3.90. The fraction of sp³-hybridized carbons (Fsp3) is 0.294. The molecule has 2 heterocycles. The molecule has 0 spiro atoms. The van der Waals surface area contributed by atoms with Gasteiger partial charge in [-0.1, -0.05) is 0 Å². The molecule has 0 aliphatic carbocycles. The van der Waals surface area contributed by atoms with E-state index in [1.807, 2.05) is 0 Å². The molecule has 1 aromatic heterocycles. The number of hydrogen-bond acceptors (Lipinski definition) is 4. The van der Waals surface area contributed by atoms with Crippen molar-refractivity contribution >= 4 is 27.7 Å².